The summed E-state index contributed by atoms with van der Waals surface area (Å²) in [5, 5.41) is 11.6. The van der Waals surface area contributed by atoms with Gasteiger partial charge in [0.05, 0.1) is 6.04 Å². The Kier molecular flexibility index (Phi) is 5.36. The number of nitrogens with zero attached hydrogens (tertiary/aromatic N) is 2. The van der Waals surface area contributed by atoms with Crippen molar-refractivity contribution in [3.05, 3.63) is 0 Å². The smallest absolute Gasteiger partial charge is 0.280 e. The van der Waals surface area contributed by atoms with Crippen LogP contribution in [0.4, 0.5) is 0 Å². The summed E-state index contributed by atoms with van der Waals surface area (Å²) in [5.74, 6) is -0.217. The van der Waals surface area contributed by atoms with Crippen molar-refractivity contribution in [1.82, 2.24) is 9.03 Å². The van der Waals surface area contributed by atoms with E-state index < -0.39 is 16.3 Å². The number of nitrogens with one attached hydrogen (secondary N) is 1. The Bertz CT molecular complexity index is 388. The first-order chi connectivity index (χ1) is 8.38. The van der Waals surface area contributed by atoms with E-state index in [1.165, 1.54) is 4.31 Å². The summed E-state index contributed by atoms with van der Waals surface area (Å²) >= 11 is 0. The Hall–Kier alpha value is -0.860. The van der Waals surface area contributed by atoms with Gasteiger partial charge in [0, 0.05) is 13.1 Å². The summed E-state index contributed by atoms with van der Waals surface area (Å²) in [4.78, 5) is 0. The first-order valence-electron chi connectivity index (χ1n) is 6.13. The van der Waals surface area contributed by atoms with Crippen LogP contribution in [0.2, 0.25) is 0 Å². The molecular weight excluding hydrogens is 256 g/mol. The minimum atomic E-state index is -3.57. The summed E-state index contributed by atoms with van der Waals surface area (Å²) in [6.07, 6.45) is 2.80. The Morgan fingerprint density at radius 2 is 1.89 bits per heavy atom. The second kappa shape index (κ2) is 6.35. The maximum Gasteiger partial charge on any atom is 0.280 e. The van der Waals surface area contributed by atoms with Crippen LogP contribution in [-0.4, -0.2) is 42.9 Å². The van der Waals surface area contributed by atoms with E-state index in [0.717, 1.165) is 19.3 Å². The van der Waals surface area contributed by atoms with Crippen molar-refractivity contribution in [3.8, 4) is 0 Å². The van der Waals surface area contributed by atoms with Crippen LogP contribution in [-0.2, 0) is 10.2 Å². The van der Waals surface area contributed by atoms with Crippen LogP contribution in [0.1, 0.15) is 33.1 Å². The second-order valence-electron chi connectivity index (χ2n) is 4.83. The number of hydrogen-bond acceptors (Lipinski definition) is 4. The first-order valence-corrected chi connectivity index (χ1v) is 7.57. The molecule has 0 aromatic carbocycles. The predicted octanol–water partition coefficient (Wildman–Crippen LogP) is 0.0777. The fraction of sp³-hybridized carbons (Fsp3) is 0.900. The standard InChI is InChI=1S/C10H22N4O3S/c1-8(2)9(10(11)12-15)13-18(16,17)14-6-4-3-5-7-14/h8-9,13,15H,3-7H2,1-2H3,(H2,11,12). The lowest BCUT2D eigenvalue weighted by atomic mass is 10.1. The predicted molar refractivity (Wildman–Crippen MR) is 69.5 cm³/mol. The largest absolute Gasteiger partial charge is 0.409 e. The molecule has 18 heavy (non-hydrogen) atoms. The lowest BCUT2D eigenvalue weighted by Crippen LogP contribution is -2.53. The lowest BCUT2D eigenvalue weighted by Gasteiger charge is -2.29. The number of rotatable bonds is 5. The van der Waals surface area contributed by atoms with Crippen LogP contribution in [0.15, 0.2) is 5.16 Å². The van der Waals surface area contributed by atoms with Crippen LogP contribution >= 0.6 is 0 Å². The van der Waals surface area contributed by atoms with Crippen LogP contribution in [0.3, 0.4) is 0 Å². The van der Waals surface area contributed by atoms with Gasteiger partial charge in [0.1, 0.15) is 0 Å². The van der Waals surface area contributed by atoms with Gasteiger partial charge in [-0.05, 0) is 18.8 Å². The van der Waals surface area contributed by atoms with Gasteiger partial charge in [0.2, 0.25) is 0 Å². The maximum atomic E-state index is 12.1. The van der Waals surface area contributed by atoms with Gasteiger partial charge in [-0.15, -0.1) is 0 Å². The second-order valence-corrected chi connectivity index (χ2v) is 6.53. The topological polar surface area (TPSA) is 108 Å². The number of oxime groups is 1. The van der Waals surface area contributed by atoms with Crippen molar-refractivity contribution >= 4 is 16.0 Å². The number of piperidine rings is 1. The summed E-state index contributed by atoms with van der Waals surface area (Å²) in [6.45, 7) is 4.66. The molecule has 0 amide bonds. The van der Waals surface area contributed by atoms with E-state index in [9.17, 15) is 8.42 Å². The average molecular weight is 278 g/mol. The van der Waals surface area contributed by atoms with E-state index in [4.69, 9.17) is 10.9 Å². The third-order valence-electron chi connectivity index (χ3n) is 3.03. The molecule has 1 fully saturated rings. The molecule has 0 spiro atoms. The Labute approximate surface area is 108 Å². The molecule has 1 rings (SSSR count). The van der Waals surface area contributed by atoms with Gasteiger partial charge in [0.25, 0.3) is 10.2 Å². The number of nitrogens with two attached hydrogens (primary N) is 1. The molecule has 0 aromatic rings. The number of amidine groups is 1. The normalized spacial score (nSPS) is 21.2. The van der Waals surface area contributed by atoms with Gasteiger partial charge in [0.15, 0.2) is 5.84 Å². The number of hydrogen-bond donors (Lipinski definition) is 3. The van der Waals surface area contributed by atoms with Crippen molar-refractivity contribution in [2.45, 2.75) is 39.2 Å². The van der Waals surface area contributed by atoms with E-state index in [2.05, 4.69) is 9.88 Å². The molecule has 1 atom stereocenters. The molecule has 1 aliphatic rings. The Morgan fingerprint density at radius 1 is 1.33 bits per heavy atom. The maximum absolute atomic E-state index is 12.1. The highest BCUT2D eigenvalue weighted by Gasteiger charge is 2.29. The summed E-state index contributed by atoms with van der Waals surface area (Å²) < 4.78 is 28.2. The van der Waals surface area contributed by atoms with Gasteiger partial charge < -0.3 is 10.9 Å². The molecule has 0 aromatic heterocycles. The lowest BCUT2D eigenvalue weighted by molar-refractivity contribution is 0.311. The molecule has 106 valence electrons. The van der Waals surface area contributed by atoms with Gasteiger partial charge >= 0.3 is 0 Å². The molecule has 1 saturated heterocycles. The van der Waals surface area contributed by atoms with Crippen molar-refractivity contribution in [1.29, 1.82) is 0 Å². The molecule has 1 heterocycles. The fourth-order valence-corrected chi connectivity index (χ4v) is 3.54. The third-order valence-corrected chi connectivity index (χ3v) is 4.63. The van der Waals surface area contributed by atoms with Crippen LogP contribution < -0.4 is 10.5 Å². The monoisotopic (exact) mass is 278 g/mol. The van der Waals surface area contributed by atoms with E-state index >= 15 is 0 Å². The molecular formula is C10H22N4O3S. The SMILES string of the molecule is CC(C)C(NS(=O)(=O)N1CCCCC1)C(N)=NO. The highest BCUT2D eigenvalue weighted by molar-refractivity contribution is 7.87. The zero-order chi connectivity index (χ0) is 13.8. The molecule has 0 bridgehead atoms. The van der Waals surface area contributed by atoms with Gasteiger partial charge in [-0.25, -0.2) is 0 Å². The third kappa shape index (κ3) is 3.82. The summed E-state index contributed by atoms with van der Waals surface area (Å²) in [7, 11) is -3.57. The zero-order valence-corrected chi connectivity index (χ0v) is 11.7. The van der Waals surface area contributed by atoms with Gasteiger partial charge in [-0.2, -0.15) is 17.4 Å². The molecule has 1 aliphatic heterocycles. The van der Waals surface area contributed by atoms with Gasteiger partial charge in [-0.3, -0.25) is 0 Å². The van der Waals surface area contributed by atoms with Crippen molar-refractivity contribution < 1.29 is 13.6 Å². The minimum Gasteiger partial charge on any atom is -0.409 e. The molecule has 0 aliphatic carbocycles. The molecule has 1 unspecified atom stereocenters. The Balaban J connectivity index is 2.78. The highest BCUT2D eigenvalue weighted by atomic mass is 32.2. The fourth-order valence-electron chi connectivity index (χ4n) is 1.94. The van der Waals surface area contributed by atoms with Gasteiger partial charge in [-0.1, -0.05) is 25.4 Å². The molecule has 4 N–H and O–H groups in total. The molecule has 0 saturated carbocycles. The van der Waals surface area contributed by atoms with E-state index in [1.54, 1.807) is 13.8 Å². The van der Waals surface area contributed by atoms with E-state index in [1.807, 2.05) is 0 Å². The molecule has 8 heteroatoms. The summed E-state index contributed by atoms with van der Waals surface area (Å²) in [5.41, 5.74) is 5.51. The van der Waals surface area contributed by atoms with Crippen LogP contribution in [0.25, 0.3) is 0 Å². The van der Waals surface area contributed by atoms with Crippen LogP contribution in [0, 0.1) is 5.92 Å². The summed E-state index contributed by atoms with van der Waals surface area (Å²) in [6, 6.07) is -0.693. The quantitative estimate of drug-likeness (QED) is 0.286. The van der Waals surface area contributed by atoms with Crippen molar-refractivity contribution in [2.24, 2.45) is 16.8 Å². The van der Waals surface area contributed by atoms with Crippen LogP contribution in [0.5, 0.6) is 0 Å². The Morgan fingerprint density at radius 3 is 2.33 bits per heavy atom. The zero-order valence-electron chi connectivity index (χ0n) is 10.8. The highest BCUT2D eigenvalue weighted by Crippen LogP contribution is 2.13. The first kappa shape index (κ1) is 15.2. The minimum absolute atomic E-state index is 0.0968. The average Bonchev–Trinajstić information content (AvgIpc) is 2.36. The van der Waals surface area contributed by atoms with Crippen molar-refractivity contribution in [3.63, 3.8) is 0 Å². The molecule has 0 radical (unpaired) electrons. The van der Waals surface area contributed by atoms with E-state index in [0.29, 0.717) is 13.1 Å². The molecule has 7 nitrogen and oxygen atoms in total. The van der Waals surface area contributed by atoms with Crippen molar-refractivity contribution in [2.75, 3.05) is 13.1 Å². The van der Waals surface area contributed by atoms with E-state index in [-0.39, 0.29) is 11.8 Å².